The Balaban J connectivity index is 1.71. The van der Waals surface area contributed by atoms with E-state index in [1.165, 1.54) is 25.7 Å². The monoisotopic (exact) mass is 253 g/mol. The van der Waals surface area contributed by atoms with Gasteiger partial charge in [-0.25, -0.2) is 0 Å². The summed E-state index contributed by atoms with van der Waals surface area (Å²) in [5.41, 5.74) is 0. The first kappa shape index (κ1) is 12.4. The van der Waals surface area contributed by atoms with Gasteiger partial charge in [0.1, 0.15) is 6.04 Å². The van der Waals surface area contributed by atoms with Crippen molar-refractivity contribution in [3.63, 3.8) is 0 Å². The van der Waals surface area contributed by atoms with E-state index < -0.39 is 5.97 Å². The van der Waals surface area contributed by atoms with Crippen LogP contribution < -0.4 is 0 Å². The Morgan fingerprint density at radius 3 is 2.83 bits per heavy atom. The molecule has 102 valence electrons. The molecule has 0 aromatic carbocycles. The van der Waals surface area contributed by atoms with Crippen LogP contribution in [0, 0.1) is 11.8 Å². The summed E-state index contributed by atoms with van der Waals surface area (Å²) < 4.78 is 5.43. The van der Waals surface area contributed by atoms with E-state index in [2.05, 4.69) is 4.90 Å². The second-order valence-electron chi connectivity index (χ2n) is 6.13. The van der Waals surface area contributed by atoms with Gasteiger partial charge in [-0.05, 0) is 37.5 Å². The molecule has 0 aromatic heterocycles. The third-order valence-corrected chi connectivity index (χ3v) is 5.00. The molecule has 0 unspecified atom stereocenters. The lowest BCUT2D eigenvalue weighted by Gasteiger charge is -2.34. The number of hydrogen-bond acceptors (Lipinski definition) is 3. The highest BCUT2D eigenvalue weighted by atomic mass is 16.5. The highest BCUT2D eigenvalue weighted by molar-refractivity contribution is 5.74. The molecule has 0 bridgehead atoms. The molecule has 4 nitrogen and oxygen atoms in total. The van der Waals surface area contributed by atoms with E-state index in [4.69, 9.17) is 4.74 Å². The van der Waals surface area contributed by atoms with Gasteiger partial charge >= 0.3 is 5.97 Å². The third-order valence-electron chi connectivity index (χ3n) is 5.00. The van der Waals surface area contributed by atoms with E-state index >= 15 is 0 Å². The Labute approximate surface area is 108 Å². The van der Waals surface area contributed by atoms with Crippen molar-refractivity contribution in [2.45, 2.75) is 50.6 Å². The lowest BCUT2D eigenvalue weighted by atomic mass is 9.84. The average molecular weight is 253 g/mol. The minimum Gasteiger partial charge on any atom is -0.480 e. The first-order chi connectivity index (χ1) is 8.75. The molecule has 3 aliphatic rings. The molecule has 3 rings (SSSR count). The second kappa shape index (κ2) is 5.17. The Hall–Kier alpha value is -0.610. The van der Waals surface area contributed by atoms with Gasteiger partial charge in [0, 0.05) is 19.2 Å². The van der Waals surface area contributed by atoms with E-state index in [0.29, 0.717) is 17.9 Å². The molecule has 1 N–H and O–H groups in total. The molecule has 18 heavy (non-hydrogen) atoms. The van der Waals surface area contributed by atoms with Crippen molar-refractivity contribution in [1.82, 2.24) is 4.90 Å². The van der Waals surface area contributed by atoms with Crippen LogP contribution in [0.5, 0.6) is 0 Å². The van der Waals surface area contributed by atoms with E-state index in [1.54, 1.807) is 0 Å². The average Bonchev–Trinajstić information content (AvgIpc) is 2.98. The van der Waals surface area contributed by atoms with Crippen LogP contribution in [0.15, 0.2) is 0 Å². The fraction of sp³-hybridized carbons (Fsp3) is 0.929. The summed E-state index contributed by atoms with van der Waals surface area (Å²) in [7, 11) is 0. The summed E-state index contributed by atoms with van der Waals surface area (Å²) in [6, 6.07) is 0.291. The summed E-state index contributed by atoms with van der Waals surface area (Å²) in [4.78, 5) is 13.8. The van der Waals surface area contributed by atoms with Gasteiger partial charge in [-0.3, -0.25) is 9.69 Å². The molecular weight excluding hydrogens is 230 g/mol. The van der Waals surface area contributed by atoms with Crippen LogP contribution in [-0.4, -0.2) is 47.8 Å². The van der Waals surface area contributed by atoms with Crippen molar-refractivity contribution < 1.29 is 14.6 Å². The fourth-order valence-corrected chi connectivity index (χ4v) is 4.08. The molecule has 2 aliphatic heterocycles. The summed E-state index contributed by atoms with van der Waals surface area (Å²) in [5, 5.41) is 9.43. The Kier molecular flexibility index (Phi) is 3.57. The van der Waals surface area contributed by atoms with Gasteiger partial charge in [-0.15, -0.1) is 0 Å². The summed E-state index contributed by atoms with van der Waals surface area (Å²) in [6.45, 7) is 2.60. The normalized spacial score (nSPS) is 40.9. The Morgan fingerprint density at radius 2 is 2.11 bits per heavy atom. The van der Waals surface area contributed by atoms with E-state index in [9.17, 15) is 9.90 Å². The number of carboxylic acids is 1. The molecular formula is C14H23NO3. The van der Waals surface area contributed by atoms with Crippen LogP contribution in [-0.2, 0) is 9.53 Å². The first-order valence-corrected chi connectivity index (χ1v) is 7.32. The molecule has 4 heteroatoms. The molecule has 4 atom stereocenters. The second-order valence-corrected chi connectivity index (χ2v) is 6.13. The number of nitrogens with zero attached hydrogens (tertiary/aromatic N) is 1. The van der Waals surface area contributed by atoms with Crippen molar-refractivity contribution in [3.8, 4) is 0 Å². The maximum Gasteiger partial charge on any atom is 0.320 e. The predicted molar refractivity (Wildman–Crippen MR) is 67.4 cm³/mol. The van der Waals surface area contributed by atoms with Crippen molar-refractivity contribution in [1.29, 1.82) is 0 Å². The number of fused-ring (bicyclic) bond motifs is 1. The SMILES string of the molecule is O=C(O)[C@@H]1C[C@@H]2CCCC[C@@H]2N1C[C@@H]1CCOC1. The lowest BCUT2D eigenvalue weighted by molar-refractivity contribution is -0.142. The zero-order valence-electron chi connectivity index (χ0n) is 10.9. The third kappa shape index (κ3) is 2.28. The molecule has 2 heterocycles. The summed E-state index contributed by atoms with van der Waals surface area (Å²) in [6.07, 6.45) is 6.95. The van der Waals surface area contributed by atoms with Gasteiger partial charge < -0.3 is 9.84 Å². The first-order valence-electron chi connectivity index (χ1n) is 7.32. The van der Waals surface area contributed by atoms with Gasteiger partial charge in [-0.1, -0.05) is 12.8 Å². The van der Waals surface area contributed by atoms with Gasteiger partial charge in [0.15, 0.2) is 0 Å². The number of aliphatic carboxylic acids is 1. The topological polar surface area (TPSA) is 49.8 Å². The van der Waals surface area contributed by atoms with E-state index in [-0.39, 0.29) is 6.04 Å². The minimum absolute atomic E-state index is 0.237. The van der Waals surface area contributed by atoms with E-state index in [1.807, 2.05) is 0 Å². The smallest absolute Gasteiger partial charge is 0.320 e. The van der Waals surface area contributed by atoms with E-state index in [0.717, 1.165) is 32.6 Å². The maximum absolute atomic E-state index is 11.5. The minimum atomic E-state index is -0.622. The number of carbonyl (C=O) groups is 1. The molecule has 0 aromatic rings. The zero-order chi connectivity index (χ0) is 12.5. The molecule has 3 fully saturated rings. The zero-order valence-corrected chi connectivity index (χ0v) is 10.9. The van der Waals surface area contributed by atoms with Crippen LogP contribution in [0.2, 0.25) is 0 Å². The Morgan fingerprint density at radius 1 is 1.28 bits per heavy atom. The number of carboxylic acid groups (broad SMARTS) is 1. The van der Waals surface area contributed by atoms with Crippen molar-refractivity contribution in [2.75, 3.05) is 19.8 Å². The summed E-state index contributed by atoms with van der Waals surface area (Å²) >= 11 is 0. The highest BCUT2D eigenvalue weighted by Gasteiger charge is 2.45. The van der Waals surface area contributed by atoms with Gasteiger partial charge in [-0.2, -0.15) is 0 Å². The van der Waals surface area contributed by atoms with Crippen LogP contribution >= 0.6 is 0 Å². The summed E-state index contributed by atoms with van der Waals surface area (Å²) in [5.74, 6) is 0.554. The number of ether oxygens (including phenoxy) is 1. The molecule has 2 saturated heterocycles. The van der Waals surface area contributed by atoms with Crippen LogP contribution in [0.3, 0.4) is 0 Å². The Bertz CT molecular complexity index is 314. The van der Waals surface area contributed by atoms with Crippen molar-refractivity contribution >= 4 is 5.97 Å². The lowest BCUT2D eigenvalue weighted by Crippen LogP contribution is -2.44. The van der Waals surface area contributed by atoms with Crippen LogP contribution in [0.25, 0.3) is 0 Å². The highest BCUT2D eigenvalue weighted by Crippen LogP contribution is 2.40. The van der Waals surface area contributed by atoms with Gasteiger partial charge in [0.05, 0.1) is 6.61 Å². The number of likely N-dealkylation sites (tertiary alicyclic amines) is 1. The number of rotatable bonds is 3. The molecule has 0 spiro atoms. The molecule has 1 saturated carbocycles. The fourth-order valence-electron chi connectivity index (χ4n) is 4.08. The molecule has 0 amide bonds. The largest absolute Gasteiger partial charge is 0.480 e. The molecule has 0 radical (unpaired) electrons. The standard InChI is InChI=1S/C14H23NO3/c16-14(17)13-7-11-3-1-2-4-12(11)15(13)8-10-5-6-18-9-10/h10-13H,1-9H2,(H,16,17)/t10-,11-,12-,13-/m0/s1. The van der Waals surface area contributed by atoms with Gasteiger partial charge in [0.25, 0.3) is 0 Å². The van der Waals surface area contributed by atoms with Crippen LogP contribution in [0.1, 0.15) is 38.5 Å². The maximum atomic E-state index is 11.5. The van der Waals surface area contributed by atoms with Gasteiger partial charge in [0.2, 0.25) is 0 Å². The van der Waals surface area contributed by atoms with Crippen LogP contribution in [0.4, 0.5) is 0 Å². The van der Waals surface area contributed by atoms with Crippen molar-refractivity contribution in [2.24, 2.45) is 11.8 Å². The van der Waals surface area contributed by atoms with Crippen molar-refractivity contribution in [3.05, 3.63) is 0 Å². The quantitative estimate of drug-likeness (QED) is 0.832. The predicted octanol–water partition coefficient (Wildman–Crippen LogP) is 1.74. The number of hydrogen-bond donors (Lipinski definition) is 1. The molecule has 1 aliphatic carbocycles.